The summed E-state index contributed by atoms with van der Waals surface area (Å²) in [5.41, 5.74) is 1.12. The van der Waals surface area contributed by atoms with Gasteiger partial charge in [-0.3, -0.25) is 4.79 Å². The van der Waals surface area contributed by atoms with E-state index in [-0.39, 0.29) is 12.5 Å². The van der Waals surface area contributed by atoms with Gasteiger partial charge in [-0.2, -0.15) is 0 Å². The molecule has 0 bridgehead atoms. The van der Waals surface area contributed by atoms with Crippen molar-refractivity contribution in [3.05, 3.63) is 60.1 Å². The van der Waals surface area contributed by atoms with Crippen LogP contribution in [0.15, 0.2) is 58.1 Å². The van der Waals surface area contributed by atoms with Crippen molar-refractivity contribution in [1.82, 2.24) is 15.5 Å². The first-order valence-corrected chi connectivity index (χ1v) is 7.44. The Bertz CT molecular complexity index is 621. The molecular formula is C17H22N4O2. The van der Waals surface area contributed by atoms with Crippen LogP contribution in [0.1, 0.15) is 11.3 Å². The van der Waals surface area contributed by atoms with E-state index < -0.39 is 0 Å². The van der Waals surface area contributed by atoms with Crippen molar-refractivity contribution in [1.29, 1.82) is 0 Å². The fourth-order valence-electron chi connectivity index (χ4n) is 1.93. The molecule has 0 radical (unpaired) electrons. The number of hydrogen-bond donors (Lipinski definition) is 2. The van der Waals surface area contributed by atoms with Gasteiger partial charge < -0.3 is 20.0 Å². The highest BCUT2D eigenvalue weighted by molar-refractivity contribution is 5.86. The van der Waals surface area contributed by atoms with Crippen LogP contribution in [0, 0.1) is 0 Å². The predicted octanol–water partition coefficient (Wildman–Crippen LogP) is 1.60. The summed E-state index contributed by atoms with van der Waals surface area (Å²) in [5, 5.41) is 5.84. The fraction of sp³-hybridized carbons (Fsp3) is 0.294. The van der Waals surface area contributed by atoms with E-state index in [2.05, 4.69) is 15.6 Å². The summed E-state index contributed by atoms with van der Waals surface area (Å²) < 4.78 is 5.17. The molecule has 2 rings (SSSR count). The average Bonchev–Trinajstić information content (AvgIpc) is 3.07. The lowest BCUT2D eigenvalue weighted by molar-refractivity contribution is -0.120. The van der Waals surface area contributed by atoms with Crippen molar-refractivity contribution in [3.63, 3.8) is 0 Å². The number of benzene rings is 1. The van der Waals surface area contributed by atoms with Gasteiger partial charge >= 0.3 is 0 Å². The minimum atomic E-state index is -0.115. The molecule has 0 saturated heterocycles. The standard InChI is InChI=1S/C17H22N4O2/c1-21(2)17(19-11-14-7-4-3-5-8-14)20-13-16(22)18-12-15-9-6-10-23-15/h3-10H,11-13H2,1-2H3,(H,18,22)(H,19,20). The predicted molar refractivity (Wildman–Crippen MR) is 89.8 cm³/mol. The molecule has 0 unspecified atom stereocenters. The van der Waals surface area contributed by atoms with Crippen LogP contribution in [0.2, 0.25) is 0 Å². The minimum absolute atomic E-state index is 0.115. The molecule has 1 aromatic carbocycles. The number of aliphatic imine (C=N–C) groups is 1. The quantitative estimate of drug-likeness (QED) is 0.628. The zero-order valence-corrected chi connectivity index (χ0v) is 13.5. The smallest absolute Gasteiger partial charge is 0.239 e. The van der Waals surface area contributed by atoms with Crippen LogP contribution in [0.3, 0.4) is 0 Å². The summed E-state index contributed by atoms with van der Waals surface area (Å²) in [5.74, 6) is 1.28. The number of nitrogens with zero attached hydrogens (tertiary/aromatic N) is 2. The van der Waals surface area contributed by atoms with Gasteiger partial charge in [-0.1, -0.05) is 30.3 Å². The second-order valence-electron chi connectivity index (χ2n) is 5.23. The summed E-state index contributed by atoms with van der Waals surface area (Å²) in [6, 6.07) is 13.6. The van der Waals surface area contributed by atoms with Gasteiger partial charge in [-0.25, -0.2) is 4.99 Å². The normalized spacial score (nSPS) is 11.1. The van der Waals surface area contributed by atoms with E-state index in [1.165, 1.54) is 0 Å². The third-order valence-electron chi connectivity index (χ3n) is 3.12. The lowest BCUT2D eigenvalue weighted by Gasteiger charge is -2.17. The van der Waals surface area contributed by atoms with Crippen molar-refractivity contribution in [3.8, 4) is 0 Å². The maximum atomic E-state index is 11.9. The van der Waals surface area contributed by atoms with Crippen molar-refractivity contribution in [2.75, 3.05) is 20.6 Å². The number of carbonyl (C=O) groups excluding carboxylic acids is 1. The van der Waals surface area contributed by atoms with Crippen molar-refractivity contribution >= 4 is 11.9 Å². The number of furan rings is 1. The Labute approximate surface area is 136 Å². The third kappa shape index (κ3) is 5.86. The molecule has 23 heavy (non-hydrogen) atoms. The summed E-state index contributed by atoms with van der Waals surface area (Å²) in [7, 11) is 3.77. The molecule has 2 aromatic rings. The number of carbonyl (C=O) groups is 1. The van der Waals surface area contributed by atoms with E-state index in [4.69, 9.17) is 4.42 Å². The highest BCUT2D eigenvalue weighted by atomic mass is 16.3. The molecular weight excluding hydrogens is 292 g/mol. The van der Waals surface area contributed by atoms with Crippen molar-refractivity contribution in [2.45, 2.75) is 13.1 Å². The van der Waals surface area contributed by atoms with Crippen LogP contribution < -0.4 is 10.6 Å². The second kappa shape index (κ2) is 8.63. The van der Waals surface area contributed by atoms with Crippen LogP contribution in [-0.2, 0) is 17.9 Å². The van der Waals surface area contributed by atoms with Crippen molar-refractivity contribution < 1.29 is 9.21 Å². The molecule has 0 aliphatic heterocycles. The highest BCUT2D eigenvalue weighted by Crippen LogP contribution is 2.00. The maximum absolute atomic E-state index is 11.9. The molecule has 1 heterocycles. The van der Waals surface area contributed by atoms with Gasteiger partial charge in [0.05, 0.1) is 25.9 Å². The number of rotatable bonds is 6. The molecule has 6 nitrogen and oxygen atoms in total. The Kier molecular flexibility index (Phi) is 6.23. The minimum Gasteiger partial charge on any atom is -0.467 e. The molecule has 0 atom stereocenters. The first-order chi connectivity index (χ1) is 11.1. The molecule has 0 spiro atoms. The molecule has 0 aliphatic carbocycles. The van der Waals surface area contributed by atoms with E-state index in [0.717, 1.165) is 11.3 Å². The summed E-state index contributed by atoms with van der Waals surface area (Å²) in [6.07, 6.45) is 1.58. The number of amides is 1. The molecule has 1 amide bonds. The first kappa shape index (κ1) is 16.6. The summed E-state index contributed by atoms with van der Waals surface area (Å²) >= 11 is 0. The van der Waals surface area contributed by atoms with Gasteiger partial charge in [0.2, 0.25) is 5.91 Å². The molecule has 6 heteroatoms. The summed E-state index contributed by atoms with van der Waals surface area (Å²) in [6.45, 7) is 1.11. The van der Waals surface area contributed by atoms with Crippen molar-refractivity contribution in [2.24, 2.45) is 4.99 Å². The third-order valence-corrected chi connectivity index (χ3v) is 3.12. The lowest BCUT2D eigenvalue weighted by atomic mass is 10.2. The Hall–Kier alpha value is -2.76. The zero-order valence-electron chi connectivity index (χ0n) is 13.5. The average molecular weight is 314 g/mol. The van der Waals surface area contributed by atoms with Gasteiger partial charge in [0.1, 0.15) is 5.76 Å². The SMILES string of the molecule is CN(C)C(=NCc1ccccc1)NCC(=O)NCc1ccco1. The fourth-order valence-corrected chi connectivity index (χ4v) is 1.93. The number of guanidine groups is 1. The van der Waals surface area contributed by atoms with E-state index in [0.29, 0.717) is 19.0 Å². The molecule has 0 fully saturated rings. The molecule has 122 valence electrons. The van der Waals surface area contributed by atoms with Crippen LogP contribution >= 0.6 is 0 Å². The first-order valence-electron chi connectivity index (χ1n) is 7.44. The molecule has 1 aromatic heterocycles. The lowest BCUT2D eigenvalue weighted by Crippen LogP contribution is -2.42. The maximum Gasteiger partial charge on any atom is 0.239 e. The van der Waals surface area contributed by atoms with Crippen LogP contribution in [-0.4, -0.2) is 37.4 Å². The van der Waals surface area contributed by atoms with Crippen LogP contribution in [0.4, 0.5) is 0 Å². The van der Waals surface area contributed by atoms with Gasteiger partial charge in [-0.05, 0) is 17.7 Å². The Balaban J connectivity index is 1.80. The largest absolute Gasteiger partial charge is 0.467 e. The van der Waals surface area contributed by atoms with E-state index in [9.17, 15) is 4.79 Å². The molecule has 0 saturated carbocycles. The van der Waals surface area contributed by atoms with Crippen LogP contribution in [0.5, 0.6) is 0 Å². The van der Waals surface area contributed by atoms with Gasteiger partial charge in [0.15, 0.2) is 5.96 Å². The van der Waals surface area contributed by atoms with E-state index in [1.54, 1.807) is 12.3 Å². The summed E-state index contributed by atoms with van der Waals surface area (Å²) in [4.78, 5) is 18.2. The number of nitrogens with one attached hydrogen (secondary N) is 2. The Morgan fingerprint density at radius 2 is 1.91 bits per heavy atom. The Morgan fingerprint density at radius 1 is 1.13 bits per heavy atom. The molecule has 0 aliphatic rings. The van der Waals surface area contributed by atoms with Crippen LogP contribution in [0.25, 0.3) is 0 Å². The topological polar surface area (TPSA) is 69.9 Å². The highest BCUT2D eigenvalue weighted by Gasteiger charge is 2.06. The molecule has 2 N–H and O–H groups in total. The zero-order chi connectivity index (χ0) is 16.5. The van der Waals surface area contributed by atoms with E-state index >= 15 is 0 Å². The van der Waals surface area contributed by atoms with E-state index in [1.807, 2.05) is 55.4 Å². The van der Waals surface area contributed by atoms with Gasteiger partial charge in [0.25, 0.3) is 0 Å². The monoisotopic (exact) mass is 314 g/mol. The van der Waals surface area contributed by atoms with Gasteiger partial charge in [0, 0.05) is 14.1 Å². The number of hydrogen-bond acceptors (Lipinski definition) is 3. The Morgan fingerprint density at radius 3 is 2.57 bits per heavy atom. The second-order valence-corrected chi connectivity index (χ2v) is 5.23. The van der Waals surface area contributed by atoms with Gasteiger partial charge in [-0.15, -0.1) is 0 Å².